The monoisotopic (exact) mass is 538 g/mol. The molecule has 11 heteroatoms. The fourth-order valence-electron chi connectivity index (χ4n) is 3.44. The Morgan fingerprint density at radius 1 is 0.892 bits per heavy atom. The number of benzene rings is 2. The number of sulfonamides is 1. The zero-order valence-corrected chi connectivity index (χ0v) is 23.4. The first-order valence-corrected chi connectivity index (χ1v) is 13.3. The molecule has 0 aliphatic heterocycles. The molecule has 0 saturated heterocycles. The Bertz CT molecular complexity index is 1110. The zero-order chi connectivity index (χ0) is 28.0. The number of hydrogen-bond acceptors (Lipinski definition) is 8. The van der Waals surface area contributed by atoms with Crippen LogP contribution >= 0.6 is 0 Å². The summed E-state index contributed by atoms with van der Waals surface area (Å²) in [4.78, 5) is 12.6. The van der Waals surface area contributed by atoms with Crippen LogP contribution in [0, 0.1) is 0 Å². The van der Waals surface area contributed by atoms with Gasteiger partial charge >= 0.3 is 0 Å². The molecule has 0 radical (unpaired) electrons. The van der Waals surface area contributed by atoms with E-state index in [2.05, 4.69) is 25.5 Å². The van der Waals surface area contributed by atoms with Crippen LogP contribution in [0.4, 0.5) is 5.69 Å². The van der Waals surface area contributed by atoms with Crippen LogP contribution in [0.2, 0.25) is 0 Å². The van der Waals surface area contributed by atoms with E-state index >= 15 is 0 Å². The summed E-state index contributed by atoms with van der Waals surface area (Å²) in [6.45, 7) is 10.5. The van der Waals surface area contributed by atoms with Crippen LogP contribution < -0.4 is 33.7 Å². The molecular weight excluding hydrogens is 500 g/mol. The lowest BCUT2D eigenvalue weighted by Gasteiger charge is -2.13. The van der Waals surface area contributed by atoms with Crippen molar-refractivity contribution >= 4 is 27.8 Å². The standard InChI is InChI=1S/C20H23NO8S.C6H15N/c1-26-15-11-18(28-3)16(19(12-15)29-4)7-8-30(24,25)21-14-5-6-17(27-2)13(9-14)10-20(22)23;1-4-7(5-2)6-3/h5-9,11-12,21H,10H2,1-4H3,(H,22,23);4-6H2,1-3H3/b8-7+;. The second kappa shape index (κ2) is 15.6. The molecule has 0 atom stereocenters. The minimum atomic E-state index is -3.94. The van der Waals surface area contributed by atoms with Crippen molar-refractivity contribution in [2.75, 3.05) is 52.8 Å². The zero-order valence-electron chi connectivity index (χ0n) is 22.5. The van der Waals surface area contributed by atoms with Crippen LogP contribution in [-0.4, -0.2) is 62.5 Å². The predicted octanol–water partition coefficient (Wildman–Crippen LogP) is 1.36. The van der Waals surface area contributed by atoms with E-state index in [0.29, 0.717) is 28.6 Å². The van der Waals surface area contributed by atoms with Crippen LogP contribution in [0.3, 0.4) is 0 Å². The van der Waals surface area contributed by atoms with Gasteiger partial charge in [0.25, 0.3) is 10.0 Å². The number of carbonyl (C=O) groups excluding carboxylic acids is 1. The van der Waals surface area contributed by atoms with Crippen molar-refractivity contribution in [1.29, 1.82) is 0 Å². The first-order valence-electron chi connectivity index (χ1n) is 11.8. The van der Waals surface area contributed by atoms with E-state index in [1.54, 1.807) is 17.0 Å². The largest absolute Gasteiger partial charge is 0.550 e. The number of anilines is 1. The lowest BCUT2D eigenvalue weighted by Crippen LogP contribution is -3.11. The van der Waals surface area contributed by atoms with Gasteiger partial charge in [0, 0.05) is 35.8 Å². The molecule has 0 fully saturated rings. The van der Waals surface area contributed by atoms with Gasteiger partial charge in [0.15, 0.2) is 0 Å². The summed E-state index contributed by atoms with van der Waals surface area (Å²) in [6.07, 6.45) is 0.903. The molecule has 0 aliphatic carbocycles. The third kappa shape index (κ3) is 10.2. The van der Waals surface area contributed by atoms with Crippen LogP contribution in [0.15, 0.2) is 35.7 Å². The number of hydrogen-bond donors (Lipinski definition) is 2. The van der Waals surface area contributed by atoms with E-state index < -0.39 is 22.4 Å². The lowest BCUT2D eigenvalue weighted by atomic mass is 10.1. The molecule has 2 rings (SSSR count). The number of rotatable bonds is 13. The first-order chi connectivity index (χ1) is 17.6. The molecule has 2 N–H and O–H groups in total. The summed E-state index contributed by atoms with van der Waals surface area (Å²) >= 11 is 0. The average molecular weight is 539 g/mol. The predicted molar refractivity (Wildman–Crippen MR) is 142 cm³/mol. The highest BCUT2D eigenvalue weighted by atomic mass is 32.2. The van der Waals surface area contributed by atoms with Gasteiger partial charge < -0.3 is 33.7 Å². The molecule has 37 heavy (non-hydrogen) atoms. The van der Waals surface area contributed by atoms with Crippen molar-refractivity contribution in [3.63, 3.8) is 0 Å². The number of quaternary nitrogens is 1. The summed E-state index contributed by atoms with van der Waals surface area (Å²) in [5, 5.41) is 11.9. The van der Waals surface area contributed by atoms with E-state index in [1.165, 1.54) is 72.3 Å². The third-order valence-corrected chi connectivity index (χ3v) is 6.56. The Morgan fingerprint density at radius 3 is 1.84 bits per heavy atom. The third-order valence-electron chi connectivity index (χ3n) is 5.54. The normalized spacial score (nSPS) is 11.0. The number of methoxy groups -OCH3 is 4. The minimum absolute atomic E-state index is 0.172. The maximum absolute atomic E-state index is 12.5. The molecule has 10 nitrogen and oxygen atoms in total. The number of ether oxygens (including phenoxy) is 4. The Labute approximate surface area is 219 Å². The second-order valence-electron chi connectivity index (χ2n) is 7.78. The van der Waals surface area contributed by atoms with Gasteiger partial charge in [-0.1, -0.05) is 0 Å². The molecule has 2 aromatic rings. The number of carboxylic acid groups (broad SMARTS) is 1. The number of nitrogens with one attached hydrogen (secondary N) is 2. The van der Waals surface area contributed by atoms with Crippen molar-refractivity contribution < 1.29 is 42.2 Å². The summed E-state index contributed by atoms with van der Waals surface area (Å²) < 4.78 is 48.2. The number of aliphatic carboxylic acids is 1. The van der Waals surface area contributed by atoms with Crippen molar-refractivity contribution in [1.82, 2.24) is 0 Å². The quantitative estimate of drug-likeness (QED) is 0.391. The topological polar surface area (TPSA) is 128 Å². The molecule has 0 saturated carbocycles. The van der Waals surface area contributed by atoms with E-state index in [-0.39, 0.29) is 11.3 Å². The molecule has 206 valence electrons. The van der Waals surface area contributed by atoms with Crippen LogP contribution in [0.5, 0.6) is 23.0 Å². The molecule has 0 aromatic heterocycles. The fraction of sp³-hybridized carbons (Fsp3) is 0.423. The van der Waals surface area contributed by atoms with Gasteiger partial charge in [0.05, 0.1) is 59.0 Å². The first kappa shape index (κ1) is 31.6. The van der Waals surface area contributed by atoms with Crippen molar-refractivity contribution in [3.05, 3.63) is 46.9 Å². The van der Waals surface area contributed by atoms with Crippen molar-refractivity contribution in [2.24, 2.45) is 0 Å². The highest BCUT2D eigenvalue weighted by Crippen LogP contribution is 2.35. The van der Waals surface area contributed by atoms with Crippen LogP contribution in [-0.2, 0) is 21.2 Å². The van der Waals surface area contributed by atoms with E-state index in [4.69, 9.17) is 18.9 Å². The lowest BCUT2D eigenvalue weighted by molar-refractivity contribution is -0.894. The Morgan fingerprint density at radius 2 is 1.43 bits per heavy atom. The van der Waals surface area contributed by atoms with E-state index in [9.17, 15) is 18.3 Å². The number of carbonyl (C=O) groups is 1. The van der Waals surface area contributed by atoms with Gasteiger partial charge in [0.2, 0.25) is 0 Å². The highest BCUT2D eigenvalue weighted by molar-refractivity contribution is 7.95. The fourth-order valence-corrected chi connectivity index (χ4v) is 4.28. The Hall–Kier alpha value is -3.44. The molecule has 0 unspecified atom stereocenters. The van der Waals surface area contributed by atoms with Gasteiger partial charge in [-0.25, -0.2) is 8.42 Å². The SMILES string of the molecule is CC[NH+](CC)CC.COc1cc(OC)c(/C=C/S(=O)(=O)Nc2ccc(OC)c(CC(=O)[O-])c2)c(OC)c1. The molecule has 0 aliphatic rings. The molecule has 0 heterocycles. The van der Waals surface area contributed by atoms with Crippen molar-refractivity contribution in [2.45, 2.75) is 27.2 Å². The summed E-state index contributed by atoms with van der Waals surface area (Å²) in [6, 6.07) is 7.48. The van der Waals surface area contributed by atoms with Crippen LogP contribution in [0.25, 0.3) is 6.08 Å². The second-order valence-corrected chi connectivity index (χ2v) is 9.35. The van der Waals surface area contributed by atoms with Gasteiger partial charge in [-0.15, -0.1) is 0 Å². The minimum Gasteiger partial charge on any atom is -0.550 e. The molecule has 2 aromatic carbocycles. The molecule has 0 spiro atoms. The number of carboxylic acids is 1. The Balaban J connectivity index is 0.000000856. The summed E-state index contributed by atoms with van der Waals surface area (Å²) in [5.41, 5.74) is 0.851. The van der Waals surface area contributed by atoms with Crippen LogP contribution in [0.1, 0.15) is 31.9 Å². The average Bonchev–Trinajstić information content (AvgIpc) is 2.88. The molecular formula is C26H38N2O8S. The summed E-state index contributed by atoms with van der Waals surface area (Å²) in [7, 11) is 1.81. The van der Waals surface area contributed by atoms with Gasteiger partial charge in [0.1, 0.15) is 23.0 Å². The smallest absolute Gasteiger partial charge is 0.255 e. The molecule has 0 bridgehead atoms. The van der Waals surface area contributed by atoms with E-state index in [0.717, 1.165) is 5.41 Å². The van der Waals surface area contributed by atoms with Gasteiger partial charge in [-0.2, -0.15) is 0 Å². The van der Waals surface area contributed by atoms with Crippen molar-refractivity contribution in [3.8, 4) is 23.0 Å². The Kier molecular flexibility index (Phi) is 13.3. The molecule has 0 amide bonds. The maximum atomic E-state index is 12.5. The summed E-state index contributed by atoms with van der Waals surface area (Å²) in [5.74, 6) is 0.203. The van der Waals surface area contributed by atoms with Gasteiger partial charge in [-0.3, -0.25) is 4.72 Å². The van der Waals surface area contributed by atoms with E-state index in [1.807, 2.05) is 0 Å². The highest BCUT2D eigenvalue weighted by Gasteiger charge is 2.14. The maximum Gasteiger partial charge on any atom is 0.255 e. The van der Waals surface area contributed by atoms with Gasteiger partial charge in [-0.05, 0) is 45.0 Å².